The number of aryl methyl sites for hydroxylation is 2. The number of hydrogen-bond donors (Lipinski definition) is 0. The van der Waals surface area contributed by atoms with E-state index in [0.717, 1.165) is 16.7 Å². The van der Waals surface area contributed by atoms with E-state index in [9.17, 15) is 0 Å². The van der Waals surface area contributed by atoms with Crippen LogP contribution in [0.3, 0.4) is 0 Å². The molecule has 0 amide bonds. The maximum absolute atomic E-state index is 8.76. The maximum atomic E-state index is 8.76. The van der Waals surface area contributed by atoms with Crippen molar-refractivity contribution in [3.8, 4) is 12.1 Å². The van der Waals surface area contributed by atoms with Crippen LogP contribution in [0.25, 0.3) is 0 Å². The molecule has 1 aromatic carbocycles. The summed E-state index contributed by atoms with van der Waals surface area (Å²) in [5.74, 6) is -0.638. The van der Waals surface area contributed by atoms with E-state index in [2.05, 4.69) is 0 Å². The molecule has 0 aromatic heterocycles. The van der Waals surface area contributed by atoms with Crippen LogP contribution in [0.2, 0.25) is 0 Å². The Kier molecular flexibility index (Phi) is 2.67. The normalized spacial score (nSPS) is 9.31. The lowest BCUT2D eigenvalue weighted by molar-refractivity contribution is 1.05. The van der Waals surface area contributed by atoms with Crippen LogP contribution in [0.1, 0.15) is 22.6 Å². The van der Waals surface area contributed by atoms with Crippen molar-refractivity contribution >= 4 is 0 Å². The first-order chi connectivity index (χ1) is 6.20. The standard InChI is InChI=1S/C11H10N2/c1-8-4-3-5-9(2)11(8)10(6-12)7-13/h3-5,10H,1-2H3. The quantitative estimate of drug-likeness (QED) is 0.649. The molecule has 0 aliphatic rings. The van der Waals surface area contributed by atoms with Crippen molar-refractivity contribution in [3.05, 3.63) is 34.9 Å². The van der Waals surface area contributed by atoms with Gasteiger partial charge in [-0.3, -0.25) is 0 Å². The molecule has 13 heavy (non-hydrogen) atoms. The van der Waals surface area contributed by atoms with Crippen molar-refractivity contribution in [2.45, 2.75) is 19.8 Å². The molecule has 1 aromatic rings. The third-order valence-electron chi connectivity index (χ3n) is 2.09. The highest BCUT2D eigenvalue weighted by Crippen LogP contribution is 2.22. The first-order valence-electron chi connectivity index (χ1n) is 4.06. The summed E-state index contributed by atoms with van der Waals surface area (Å²) in [6, 6.07) is 9.75. The molecule has 0 fully saturated rings. The average molecular weight is 170 g/mol. The molecule has 0 unspecified atom stereocenters. The first kappa shape index (κ1) is 9.29. The third kappa shape index (κ3) is 1.68. The van der Waals surface area contributed by atoms with Crippen molar-refractivity contribution in [3.63, 3.8) is 0 Å². The van der Waals surface area contributed by atoms with E-state index in [1.54, 1.807) is 0 Å². The van der Waals surface area contributed by atoms with Crippen molar-refractivity contribution in [1.82, 2.24) is 0 Å². The second kappa shape index (κ2) is 3.74. The van der Waals surface area contributed by atoms with Crippen molar-refractivity contribution < 1.29 is 0 Å². The van der Waals surface area contributed by atoms with Gasteiger partial charge in [0.15, 0.2) is 5.92 Å². The fourth-order valence-electron chi connectivity index (χ4n) is 1.44. The third-order valence-corrected chi connectivity index (χ3v) is 2.09. The summed E-state index contributed by atoms with van der Waals surface area (Å²) < 4.78 is 0. The van der Waals surface area contributed by atoms with Gasteiger partial charge in [-0.1, -0.05) is 18.2 Å². The van der Waals surface area contributed by atoms with Gasteiger partial charge in [-0.15, -0.1) is 0 Å². The summed E-state index contributed by atoms with van der Waals surface area (Å²) in [6.07, 6.45) is 0. The van der Waals surface area contributed by atoms with Gasteiger partial charge in [-0.25, -0.2) is 0 Å². The summed E-state index contributed by atoms with van der Waals surface area (Å²) in [7, 11) is 0. The maximum Gasteiger partial charge on any atom is 0.158 e. The van der Waals surface area contributed by atoms with Gasteiger partial charge in [0.1, 0.15) is 0 Å². The Hall–Kier alpha value is -1.80. The van der Waals surface area contributed by atoms with Gasteiger partial charge in [-0.2, -0.15) is 10.5 Å². The zero-order valence-corrected chi connectivity index (χ0v) is 7.70. The fraction of sp³-hybridized carbons (Fsp3) is 0.273. The van der Waals surface area contributed by atoms with Crippen LogP contribution in [-0.4, -0.2) is 0 Å². The molecular weight excluding hydrogens is 160 g/mol. The second-order valence-electron chi connectivity index (χ2n) is 3.00. The van der Waals surface area contributed by atoms with Crippen LogP contribution in [0.15, 0.2) is 18.2 Å². The minimum atomic E-state index is -0.638. The lowest BCUT2D eigenvalue weighted by atomic mass is 9.93. The molecule has 0 atom stereocenters. The predicted molar refractivity (Wildman–Crippen MR) is 49.9 cm³/mol. The van der Waals surface area contributed by atoms with E-state index in [0.29, 0.717) is 0 Å². The minimum absolute atomic E-state index is 0.638. The molecule has 1 rings (SSSR count). The first-order valence-corrected chi connectivity index (χ1v) is 4.06. The summed E-state index contributed by atoms with van der Waals surface area (Å²) in [6.45, 7) is 3.84. The fourth-order valence-corrected chi connectivity index (χ4v) is 1.44. The molecule has 0 N–H and O–H groups in total. The van der Waals surface area contributed by atoms with Gasteiger partial charge >= 0.3 is 0 Å². The number of benzene rings is 1. The Balaban J connectivity index is 3.30. The molecule has 2 heteroatoms. The van der Waals surface area contributed by atoms with Crippen molar-refractivity contribution in [1.29, 1.82) is 10.5 Å². The largest absolute Gasteiger partial charge is 0.196 e. The average Bonchev–Trinajstić information content (AvgIpc) is 2.11. The number of nitriles is 2. The van der Waals surface area contributed by atoms with Crippen molar-refractivity contribution in [2.75, 3.05) is 0 Å². The predicted octanol–water partition coefficient (Wildman–Crippen LogP) is 2.43. The van der Waals surface area contributed by atoms with Gasteiger partial charge in [0, 0.05) is 0 Å². The highest BCUT2D eigenvalue weighted by molar-refractivity contribution is 5.42. The topological polar surface area (TPSA) is 47.6 Å². The molecule has 0 saturated carbocycles. The zero-order chi connectivity index (χ0) is 9.84. The minimum Gasteiger partial charge on any atom is -0.196 e. The van der Waals surface area contributed by atoms with Crippen LogP contribution >= 0.6 is 0 Å². The highest BCUT2D eigenvalue weighted by Gasteiger charge is 2.13. The van der Waals surface area contributed by atoms with Gasteiger partial charge in [0.25, 0.3) is 0 Å². The Morgan fingerprint density at radius 1 is 1.08 bits per heavy atom. The van der Waals surface area contributed by atoms with Crippen LogP contribution in [0.4, 0.5) is 0 Å². The molecule has 0 bridgehead atoms. The number of hydrogen-bond acceptors (Lipinski definition) is 2. The number of rotatable bonds is 1. The highest BCUT2D eigenvalue weighted by atomic mass is 14.3. The second-order valence-corrected chi connectivity index (χ2v) is 3.00. The van der Waals surface area contributed by atoms with Crippen LogP contribution in [0, 0.1) is 36.5 Å². The van der Waals surface area contributed by atoms with E-state index in [-0.39, 0.29) is 0 Å². The summed E-state index contributed by atoms with van der Waals surface area (Å²) in [5.41, 5.74) is 2.87. The molecule has 64 valence electrons. The van der Waals surface area contributed by atoms with Gasteiger partial charge in [-0.05, 0) is 30.5 Å². The Morgan fingerprint density at radius 2 is 1.54 bits per heavy atom. The molecule has 0 aliphatic heterocycles. The Morgan fingerprint density at radius 3 is 1.92 bits per heavy atom. The van der Waals surface area contributed by atoms with E-state index >= 15 is 0 Å². The van der Waals surface area contributed by atoms with Gasteiger partial charge in [0.2, 0.25) is 0 Å². The molecule has 0 saturated heterocycles. The Labute approximate surface area is 78.0 Å². The SMILES string of the molecule is Cc1cccc(C)c1C(C#N)C#N. The van der Waals surface area contributed by atoms with Crippen LogP contribution < -0.4 is 0 Å². The van der Waals surface area contributed by atoms with E-state index < -0.39 is 5.92 Å². The lowest BCUT2D eigenvalue weighted by Crippen LogP contribution is -1.98. The van der Waals surface area contributed by atoms with Crippen LogP contribution in [-0.2, 0) is 0 Å². The molecule has 0 radical (unpaired) electrons. The summed E-state index contributed by atoms with van der Waals surface area (Å²) in [5, 5.41) is 17.5. The molecule has 0 heterocycles. The summed E-state index contributed by atoms with van der Waals surface area (Å²) in [4.78, 5) is 0. The van der Waals surface area contributed by atoms with Gasteiger partial charge in [0.05, 0.1) is 12.1 Å². The monoisotopic (exact) mass is 170 g/mol. The lowest BCUT2D eigenvalue weighted by Gasteiger charge is -2.08. The van der Waals surface area contributed by atoms with Crippen molar-refractivity contribution in [2.24, 2.45) is 0 Å². The molecular formula is C11H10N2. The van der Waals surface area contributed by atoms with Crippen LogP contribution in [0.5, 0.6) is 0 Å². The van der Waals surface area contributed by atoms with Gasteiger partial charge < -0.3 is 0 Å². The molecule has 2 nitrogen and oxygen atoms in total. The smallest absolute Gasteiger partial charge is 0.158 e. The zero-order valence-electron chi connectivity index (χ0n) is 7.70. The summed E-state index contributed by atoms with van der Waals surface area (Å²) >= 11 is 0. The number of nitrogens with zero attached hydrogens (tertiary/aromatic N) is 2. The van der Waals surface area contributed by atoms with E-state index in [1.165, 1.54) is 0 Å². The Bertz CT molecular complexity index is 359. The van der Waals surface area contributed by atoms with E-state index in [4.69, 9.17) is 10.5 Å². The molecule has 0 aliphatic carbocycles. The van der Waals surface area contributed by atoms with E-state index in [1.807, 2.05) is 44.2 Å². The molecule has 0 spiro atoms.